The van der Waals surface area contributed by atoms with Crippen molar-refractivity contribution in [2.45, 2.75) is 25.9 Å². The lowest BCUT2D eigenvalue weighted by atomic mass is 10.1. The molecule has 78 valence electrons. The van der Waals surface area contributed by atoms with Gasteiger partial charge in [-0.2, -0.15) is 0 Å². The molecule has 1 aliphatic heterocycles. The molecule has 1 aliphatic rings. The van der Waals surface area contributed by atoms with E-state index in [0.29, 0.717) is 11.8 Å². The molecule has 0 N–H and O–H groups in total. The second-order valence-electron chi connectivity index (χ2n) is 3.51. The molecule has 1 saturated heterocycles. The molecule has 4 heteroatoms. The summed E-state index contributed by atoms with van der Waals surface area (Å²) < 4.78 is 5.66. The van der Waals surface area contributed by atoms with Gasteiger partial charge in [0.25, 0.3) is 0 Å². The van der Waals surface area contributed by atoms with Crippen molar-refractivity contribution in [1.29, 1.82) is 0 Å². The zero-order chi connectivity index (χ0) is 9.97. The fraction of sp³-hybridized carbons (Fsp3) is 0.700. The van der Waals surface area contributed by atoms with Crippen LogP contribution in [0.2, 0.25) is 0 Å². The van der Waals surface area contributed by atoms with Crippen LogP contribution >= 0.6 is 22.9 Å². The maximum atomic E-state index is 5.89. The number of hydrogen-bond acceptors (Lipinski definition) is 3. The van der Waals surface area contributed by atoms with Gasteiger partial charge < -0.3 is 4.74 Å². The number of rotatable bonds is 3. The maximum Gasteiger partial charge on any atom is 0.122 e. The average molecular weight is 232 g/mol. The van der Waals surface area contributed by atoms with Crippen LogP contribution in [0.15, 0.2) is 6.20 Å². The quantitative estimate of drug-likeness (QED) is 0.747. The molecule has 2 unspecified atom stereocenters. The molecule has 0 aliphatic carbocycles. The Morgan fingerprint density at radius 3 is 3.21 bits per heavy atom. The fourth-order valence-corrected chi connectivity index (χ4v) is 3.00. The topological polar surface area (TPSA) is 22.1 Å². The van der Waals surface area contributed by atoms with E-state index in [9.17, 15) is 0 Å². The molecule has 2 heterocycles. The van der Waals surface area contributed by atoms with Gasteiger partial charge in [-0.05, 0) is 12.8 Å². The van der Waals surface area contributed by atoms with Gasteiger partial charge in [0.1, 0.15) is 11.1 Å². The van der Waals surface area contributed by atoms with Crippen molar-refractivity contribution in [3.05, 3.63) is 16.1 Å². The maximum absolute atomic E-state index is 5.89. The SMILES string of the molecule is CCc1cnc(C2OCCC2CCl)s1. The molecule has 1 aromatic heterocycles. The van der Waals surface area contributed by atoms with Crippen LogP contribution in [0.4, 0.5) is 0 Å². The molecule has 2 rings (SSSR count). The van der Waals surface area contributed by atoms with Gasteiger partial charge in [-0.15, -0.1) is 22.9 Å². The molecular formula is C10H14ClNOS. The molecular weight excluding hydrogens is 218 g/mol. The third kappa shape index (κ3) is 1.95. The lowest BCUT2D eigenvalue weighted by Crippen LogP contribution is -2.08. The van der Waals surface area contributed by atoms with E-state index in [1.807, 2.05) is 6.20 Å². The van der Waals surface area contributed by atoms with Crippen LogP contribution in [0.3, 0.4) is 0 Å². The van der Waals surface area contributed by atoms with Crippen LogP contribution in [0.5, 0.6) is 0 Å². The van der Waals surface area contributed by atoms with Crippen LogP contribution in [-0.4, -0.2) is 17.5 Å². The van der Waals surface area contributed by atoms with Crippen molar-refractivity contribution in [3.8, 4) is 0 Å². The molecule has 1 fully saturated rings. The Labute approximate surface area is 93.3 Å². The largest absolute Gasteiger partial charge is 0.371 e. The molecule has 2 nitrogen and oxygen atoms in total. The number of hydrogen-bond donors (Lipinski definition) is 0. The van der Waals surface area contributed by atoms with Gasteiger partial charge in [0.15, 0.2) is 0 Å². The number of nitrogens with zero attached hydrogens (tertiary/aromatic N) is 1. The van der Waals surface area contributed by atoms with Gasteiger partial charge >= 0.3 is 0 Å². The van der Waals surface area contributed by atoms with Crippen molar-refractivity contribution in [1.82, 2.24) is 4.98 Å². The van der Waals surface area contributed by atoms with Gasteiger partial charge in [-0.25, -0.2) is 4.98 Å². The van der Waals surface area contributed by atoms with Crippen molar-refractivity contribution in [2.75, 3.05) is 12.5 Å². The Balaban J connectivity index is 2.13. The predicted octanol–water partition coefficient (Wildman–Crippen LogP) is 3.02. The molecule has 0 bridgehead atoms. The van der Waals surface area contributed by atoms with Crippen LogP contribution in [0, 0.1) is 5.92 Å². The van der Waals surface area contributed by atoms with E-state index in [0.717, 1.165) is 24.5 Å². The summed E-state index contributed by atoms with van der Waals surface area (Å²) in [5.74, 6) is 1.12. The number of ether oxygens (including phenoxy) is 1. The Morgan fingerprint density at radius 1 is 1.71 bits per heavy atom. The summed E-state index contributed by atoms with van der Waals surface area (Å²) in [5, 5.41) is 1.10. The standard InChI is InChI=1S/C10H14ClNOS/c1-2-8-6-12-10(14-8)9-7(5-11)3-4-13-9/h6-7,9H,2-5H2,1H3. The summed E-state index contributed by atoms with van der Waals surface area (Å²) in [7, 11) is 0. The highest BCUT2D eigenvalue weighted by atomic mass is 35.5. The number of halogens is 1. The van der Waals surface area contributed by atoms with E-state index in [2.05, 4.69) is 11.9 Å². The normalized spacial score (nSPS) is 27.0. The third-order valence-corrected chi connectivity index (χ3v) is 4.18. The van der Waals surface area contributed by atoms with E-state index < -0.39 is 0 Å². The van der Waals surface area contributed by atoms with Crippen molar-refractivity contribution in [3.63, 3.8) is 0 Å². The van der Waals surface area contributed by atoms with E-state index >= 15 is 0 Å². The summed E-state index contributed by atoms with van der Waals surface area (Å²) in [5.41, 5.74) is 0. The van der Waals surface area contributed by atoms with Gasteiger partial charge in [-0.1, -0.05) is 6.92 Å². The highest BCUT2D eigenvalue weighted by Gasteiger charge is 2.30. The minimum Gasteiger partial charge on any atom is -0.371 e. The zero-order valence-electron chi connectivity index (χ0n) is 8.20. The monoisotopic (exact) mass is 231 g/mol. The first-order chi connectivity index (χ1) is 6.85. The molecule has 2 atom stereocenters. The first-order valence-electron chi connectivity index (χ1n) is 4.97. The number of aromatic nitrogens is 1. The van der Waals surface area contributed by atoms with Gasteiger partial charge in [0.05, 0.1) is 0 Å². The minimum atomic E-state index is 0.151. The van der Waals surface area contributed by atoms with Crippen molar-refractivity contribution in [2.24, 2.45) is 5.92 Å². The average Bonchev–Trinajstić information content (AvgIpc) is 2.85. The van der Waals surface area contributed by atoms with Crippen molar-refractivity contribution >= 4 is 22.9 Å². The summed E-state index contributed by atoms with van der Waals surface area (Å²) in [4.78, 5) is 5.73. The second kappa shape index (κ2) is 4.60. The summed E-state index contributed by atoms with van der Waals surface area (Å²) in [6, 6.07) is 0. The Morgan fingerprint density at radius 2 is 2.57 bits per heavy atom. The van der Waals surface area contributed by atoms with Gasteiger partial charge in [0, 0.05) is 29.5 Å². The smallest absolute Gasteiger partial charge is 0.122 e. The molecule has 0 spiro atoms. The molecule has 14 heavy (non-hydrogen) atoms. The van der Waals surface area contributed by atoms with E-state index in [1.54, 1.807) is 11.3 Å². The minimum absolute atomic E-state index is 0.151. The van der Waals surface area contributed by atoms with Crippen LogP contribution in [-0.2, 0) is 11.2 Å². The van der Waals surface area contributed by atoms with Gasteiger partial charge in [-0.3, -0.25) is 0 Å². The Bertz CT molecular complexity index is 302. The summed E-state index contributed by atoms with van der Waals surface area (Å²) in [6.07, 6.45) is 4.22. The zero-order valence-corrected chi connectivity index (χ0v) is 9.77. The lowest BCUT2D eigenvalue weighted by molar-refractivity contribution is 0.0949. The van der Waals surface area contributed by atoms with E-state index in [-0.39, 0.29) is 6.10 Å². The molecule has 1 aromatic rings. The number of aryl methyl sites for hydroxylation is 1. The first-order valence-corrected chi connectivity index (χ1v) is 6.32. The molecule has 0 radical (unpaired) electrons. The van der Waals surface area contributed by atoms with Crippen molar-refractivity contribution < 1.29 is 4.74 Å². The molecule has 0 aromatic carbocycles. The van der Waals surface area contributed by atoms with E-state index in [4.69, 9.17) is 16.3 Å². The van der Waals surface area contributed by atoms with E-state index in [1.165, 1.54) is 4.88 Å². The highest BCUT2D eigenvalue weighted by Crippen LogP contribution is 2.37. The van der Waals surface area contributed by atoms with Gasteiger partial charge in [0.2, 0.25) is 0 Å². The third-order valence-electron chi connectivity index (χ3n) is 2.58. The Hall–Kier alpha value is -0.120. The van der Waals surface area contributed by atoms with Crippen LogP contribution < -0.4 is 0 Å². The predicted molar refractivity (Wildman–Crippen MR) is 59.0 cm³/mol. The second-order valence-corrected chi connectivity index (χ2v) is 4.97. The highest BCUT2D eigenvalue weighted by molar-refractivity contribution is 7.11. The fourth-order valence-electron chi connectivity index (χ4n) is 1.68. The van der Waals surface area contributed by atoms with Crippen LogP contribution in [0.1, 0.15) is 29.3 Å². The molecule has 0 amide bonds. The molecule has 0 saturated carbocycles. The van der Waals surface area contributed by atoms with Crippen LogP contribution in [0.25, 0.3) is 0 Å². The number of alkyl halides is 1. The first kappa shape index (κ1) is 10.4. The summed E-state index contributed by atoms with van der Waals surface area (Å²) >= 11 is 7.64. The Kier molecular flexibility index (Phi) is 3.42. The lowest BCUT2D eigenvalue weighted by Gasteiger charge is -2.12. The summed E-state index contributed by atoms with van der Waals surface area (Å²) in [6.45, 7) is 2.97. The number of thiazole rings is 1.